The van der Waals surface area contributed by atoms with Crippen molar-refractivity contribution in [2.75, 3.05) is 0 Å². The third kappa shape index (κ3) is 2.74. The summed E-state index contributed by atoms with van der Waals surface area (Å²) in [6.07, 6.45) is 1.37. The van der Waals surface area contributed by atoms with E-state index in [2.05, 4.69) is 9.97 Å². The van der Waals surface area contributed by atoms with E-state index in [-0.39, 0.29) is 5.88 Å². The first-order valence-electron chi connectivity index (χ1n) is 2.99. The van der Waals surface area contributed by atoms with Crippen molar-refractivity contribution >= 4 is 0 Å². The number of aromatic nitrogens is 2. The van der Waals surface area contributed by atoms with Crippen LogP contribution >= 0.6 is 0 Å². The second kappa shape index (κ2) is 3.95. The van der Waals surface area contributed by atoms with Crippen molar-refractivity contribution in [3.8, 4) is 5.88 Å². The lowest BCUT2D eigenvalue weighted by Gasteiger charge is -1.74. The lowest BCUT2D eigenvalue weighted by atomic mass is 10.8. The summed E-state index contributed by atoms with van der Waals surface area (Å²) < 4.78 is 0. The Morgan fingerprint density at radius 3 is 2.22 bits per heavy atom. The molecule has 1 aromatic heterocycles. The van der Waals surface area contributed by atoms with Gasteiger partial charge in [-0.2, -0.15) is 0 Å². The van der Waals surface area contributed by atoms with Crippen LogP contribution in [0.4, 0.5) is 0 Å². The predicted octanol–water partition coefficient (Wildman–Crippen LogP) is 1.45. The highest BCUT2D eigenvalue weighted by molar-refractivity contribution is 5.02. The first-order chi connectivity index (χ1) is 4.29. The van der Waals surface area contributed by atoms with Crippen LogP contribution in [-0.2, 0) is 0 Å². The van der Waals surface area contributed by atoms with Crippen molar-refractivity contribution < 1.29 is 5.11 Å². The topological polar surface area (TPSA) is 48.9 Å². The largest absolute Gasteiger partial charge is 0.493 e. The van der Waals surface area contributed by atoms with Gasteiger partial charge in [0.2, 0.25) is 5.88 Å². The molecule has 52 valence electrons. The molecule has 0 fully saturated rings. The molecule has 2 N–H and O–H groups in total. The van der Waals surface area contributed by atoms with E-state index < -0.39 is 0 Å². The average Bonchev–Trinajstić information content (AvgIpc) is 2.20. The van der Waals surface area contributed by atoms with Crippen LogP contribution in [0.2, 0.25) is 0 Å². The van der Waals surface area contributed by atoms with Crippen LogP contribution < -0.4 is 0 Å². The summed E-state index contributed by atoms with van der Waals surface area (Å²) >= 11 is 0. The molecule has 1 aromatic rings. The van der Waals surface area contributed by atoms with Crippen molar-refractivity contribution in [3.63, 3.8) is 0 Å². The van der Waals surface area contributed by atoms with Crippen molar-refractivity contribution in [1.82, 2.24) is 9.97 Å². The van der Waals surface area contributed by atoms with Crippen LogP contribution in [0.1, 0.15) is 19.7 Å². The highest BCUT2D eigenvalue weighted by Gasteiger charge is 1.86. The maximum absolute atomic E-state index is 8.54. The zero-order valence-electron chi connectivity index (χ0n) is 5.97. The molecule has 3 nitrogen and oxygen atoms in total. The first-order valence-corrected chi connectivity index (χ1v) is 2.99. The predicted molar refractivity (Wildman–Crippen MR) is 36.3 cm³/mol. The highest BCUT2D eigenvalue weighted by atomic mass is 16.3. The Morgan fingerprint density at radius 1 is 1.56 bits per heavy atom. The summed E-state index contributed by atoms with van der Waals surface area (Å²) in [5.74, 6) is 0.856. The smallest absolute Gasteiger partial charge is 0.208 e. The van der Waals surface area contributed by atoms with E-state index in [1.165, 1.54) is 6.20 Å². The van der Waals surface area contributed by atoms with Crippen molar-refractivity contribution in [2.45, 2.75) is 20.8 Å². The van der Waals surface area contributed by atoms with Gasteiger partial charge in [0.1, 0.15) is 5.82 Å². The van der Waals surface area contributed by atoms with Crippen LogP contribution in [0.25, 0.3) is 0 Å². The zero-order valence-corrected chi connectivity index (χ0v) is 5.97. The number of aromatic hydroxyl groups is 1. The molecule has 0 aliphatic carbocycles. The van der Waals surface area contributed by atoms with Gasteiger partial charge in [-0.05, 0) is 6.92 Å². The molecular weight excluding hydrogens is 116 g/mol. The molecule has 0 unspecified atom stereocenters. The number of hydrogen-bond donors (Lipinski definition) is 2. The molecule has 1 rings (SSSR count). The lowest BCUT2D eigenvalue weighted by Crippen LogP contribution is -1.67. The number of hydrogen-bond acceptors (Lipinski definition) is 2. The molecule has 0 aliphatic rings. The summed E-state index contributed by atoms with van der Waals surface area (Å²) in [6, 6.07) is 0. The van der Waals surface area contributed by atoms with Crippen LogP contribution in [-0.4, -0.2) is 15.1 Å². The second-order valence-electron chi connectivity index (χ2n) is 1.35. The third-order valence-corrected chi connectivity index (χ3v) is 0.689. The quantitative estimate of drug-likeness (QED) is 0.555. The van der Waals surface area contributed by atoms with E-state index >= 15 is 0 Å². The standard InChI is InChI=1S/C4H6N2O.C2H6/c1-3-5-2-4(7)6-3;1-2/h2,7H,1H3,(H,5,6);1-2H3. The van der Waals surface area contributed by atoms with Crippen molar-refractivity contribution in [1.29, 1.82) is 0 Å². The summed E-state index contributed by atoms with van der Waals surface area (Å²) in [4.78, 5) is 6.29. The number of nitrogens with zero attached hydrogens (tertiary/aromatic N) is 1. The second-order valence-corrected chi connectivity index (χ2v) is 1.35. The van der Waals surface area contributed by atoms with Gasteiger partial charge in [-0.25, -0.2) is 4.98 Å². The van der Waals surface area contributed by atoms with Crippen molar-refractivity contribution in [2.24, 2.45) is 0 Å². The van der Waals surface area contributed by atoms with E-state index in [4.69, 9.17) is 5.11 Å². The van der Waals surface area contributed by atoms with E-state index in [1.807, 2.05) is 13.8 Å². The van der Waals surface area contributed by atoms with E-state index in [0.717, 1.165) is 5.82 Å². The van der Waals surface area contributed by atoms with Crippen LogP contribution in [0.15, 0.2) is 6.20 Å². The van der Waals surface area contributed by atoms with Gasteiger partial charge in [-0.3, -0.25) is 0 Å². The molecule has 0 atom stereocenters. The number of imidazole rings is 1. The Balaban J connectivity index is 0.000000291. The molecule has 0 aliphatic heterocycles. The van der Waals surface area contributed by atoms with Gasteiger partial charge in [0, 0.05) is 0 Å². The van der Waals surface area contributed by atoms with Crippen LogP contribution in [0, 0.1) is 6.92 Å². The molecule has 9 heavy (non-hydrogen) atoms. The van der Waals surface area contributed by atoms with E-state index in [1.54, 1.807) is 6.92 Å². The van der Waals surface area contributed by atoms with Gasteiger partial charge in [-0.1, -0.05) is 13.8 Å². The summed E-state index contributed by atoms with van der Waals surface area (Å²) in [5, 5.41) is 8.54. The molecule has 1 heterocycles. The number of nitrogens with one attached hydrogen (secondary N) is 1. The number of H-pyrrole nitrogens is 1. The monoisotopic (exact) mass is 128 g/mol. The fourth-order valence-electron chi connectivity index (χ4n) is 0.408. The normalized spacial score (nSPS) is 7.89. The highest BCUT2D eigenvalue weighted by Crippen LogP contribution is 1.99. The molecule has 0 radical (unpaired) electrons. The van der Waals surface area contributed by atoms with Gasteiger partial charge < -0.3 is 10.1 Å². The minimum atomic E-state index is 0.123. The molecule has 0 bridgehead atoms. The zero-order chi connectivity index (χ0) is 7.28. The van der Waals surface area contributed by atoms with Gasteiger partial charge in [-0.15, -0.1) is 0 Å². The fourth-order valence-corrected chi connectivity index (χ4v) is 0.408. The van der Waals surface area contributed by atoms with Gasteiger partial charge in [0.15, 0.2) is 0 Å². The Bertz CT molecular complexity index is 143. The molecule has 0 aromatic carbocycles. The maximum atomic E-state index is 8.54. The third-order valence-electron chi connectivity index (χ3n) is 0.689. The molecular formula is C6H12N2O. The Labute approximate surface area is 54.8 Å². The summed E-state index contributed by atoms with van der Waals surface area (Å²) in [6.45, 7) is 5.78. The summed E-state index contributed by atoms with van der Waals surface area (Å²) in [7, 11) is 0. The van der Waals surface area contributed by atoms with Crippen molar-refractivity contribution in [3.05, 3.63) is 12.0 Å². The molecule has 0 saturated heterocycles. The number of aryl methyl sites for hydroxylation is 1. The minimum Gasteiger partial charge on any atom is -0.493 e. The number of rotatable bonds is 0. The fraction of sp³-hybridized carbons (Fsp3) is 0.500. The average molecular weight is 128 g/mol. The molecule has 3 heteroatoms. The number of aromatic amines is 1. The molecule has 0 spiro atoms. The summed E-state index contributed by atoms with van der Waals surface area (Å²) in [5.41, 5.74) is 0. The molecule has 0 saturated carbocycles. The first kappa shape index (κ1) is 8.01. The Kier molecular flexibility index (Phi) is 3.51. The Morgan fingerprint density at radius 2 is 2.11 bits per heavy atom. The van der Waals surface area contributed by atoms with E-state index in [0.29, 0.717) is 0 Å². The SMILES string of the molecule is CC.Cc1ncc(O)[nH]1. The molecule has 0 amide bonds. The minimum absolute atomic E-state index is 0.123. The van der Waals surface area contributed by atoms with Gasteiger partial charge in [0.05, 0.1) is 6.20 Å². The van der Waals surface area contributed by atoms with Gasteiger partial charge in [0.25, 0.3) is 0 Å². The van der Waals surface area contributed by atoms with E-state index in [9.17, 15) is 0 Å². The Hall–Kier alpha value is -0.990. The maximum Gasteiger partial charge on any atom is 0.208 e. The van der Waals surface area contributed by atoms with Crippen LogP contribution in [0.3, 0.4) is 0 Å². The lowest BCUT2D eigenvalue weighted by molar-refractivity contribution is 0.456. The van der Waals surface area contributed by atoms with Gasteiger partial charge >= 0.3 is 0 Å². The van der Waals surface area contributed by atoms with Crippen LogP contribution in [0.5, 0.6) is 5.88 Å².